The van der Waals surface area contributed by atoms with Crippen molar-refractivity contribution in [3.8, 4) is 5.69 Å². The molecule has 2 aromatic heterocycles. The molecule has 0 unspecified atom stereocenters. The number of hydrogen-bond donors (Lipinski definition) is 1. The fraction of sp³-hybridized carbons (Fsp3) is 0.235. The predicted molar refractivity (Wildman–Crippen MR) is 87.0 cm³/mol. The largest absolute Gasteiger partial charge is 0.361 e. The van der Waals surface area contributed by atoms with Gasteiger partial charge in [0, 0.05) is 11.4 Å². The highest BCUT2D eigenvalue weighted by atomic mass is 16.5. The molecule has 6 nitrogen and oxygen atoms in total. The number of aryl methyl sites for hydroxylation is 4. The van der Waals surface area contributed by atoms with E-state index in [-0.39, 0.29) is 5.91 Å². The third-order valence-corrected chi connectivity index (χ3v) is 3.62. The minimum atomic E-state index is -0.230. The number of hydrogen-bond acceptors (Lipinski definition) is 4. The van der Waals surface area contributed by atoms with Gasteiger partial charge in [-0.1, -0.05) is 11.2 Å². The van der Waals surface area contributed by atoms with Crippen LogP contribution in [-0.4, -0.2) is 20.8 Å². The first-order valence-electron chi connectivity index (χ1n) is 7.33. The summed E-state index contributed by atoms with van der Waals surface area (Å²) in [6, 6.07) is 9.57. The summed E-state index contributed by atoms with van der Waals surface area (Å²) in [6.07, 6.45) is 0. The van der Waals surface area contributed by atoms with Gasteiger partial charge >= 0.3 is 0 Å². The number of carbonyl (C=O) groups is 1. The summed E-state index contributed by atoms with van der Waals surface area (Å²) in [6.45, 7) is 7.42. The molecule has 0 aliphatic carbocycles. The Morgan fingerprint density at radius 1 is 1.17 bits per heavy atom. The van der Waals surface area contributed by atoms with Gasteiger partial charge in [-0.25, -0.2) is 4.68 Å². The van der Waals surface area contributed by atoms with Crippen molar-refractivity contribution in [2.75, 3.05) is 5.32 Å². The van der Waals surface area contributed by atoms with E-state index in [0.29, 0.717) is 22.7 Å². The Kier molecular flexibility index (Phi) is 3.73. The molecule has 0 fully saturated rings. The number of benzene rings is 1. The van der Waals surface area contributed by atoms with E-state index in [0.717, 1.165) is 17.1 Å². The number of nitrogens with one attached hydrogen (secondary N) is 1. The number of carbonyl (C=O) groups excluding carboxylic acids is 1. The first-order chi connectivity index (χ1) is 11.0. The normalized spacial score (nSPS) is 10.8. The Hall–Kier alpha value is -2.89. The Morgan fingerprint density at radius 2 is 1.96 bits per heavy atom. The van der Waals surface area contributed by atoms with Crippen LogP contribution in [0.5, 0.6) is 0 Å². The van der Waals surface area contributed by atoms with Crippen molar-refractivity contribution in [1.29, 1.82) is 0 Å². The lowest BCUT2D eigenvalue weighted by Gasteiger charge is -2.08. The number of nitrogens with zero attached hydrogens (tertiary/aromatic N) is 3. The molecule has 0 aliphatic heterocycles. The van der Waals surface area contributed by atoms with Gasteiger partial charge in [0.1, 0.15) is 11.3 Å². The first kappa shape index (κ1) is 15.0. The third kappa shape index (κ3) is 2.88. The molecule has 0 atom stereocenters. The van der Waals surface area contributed by atoms with Gasteiger partial charge in [0.2, 0.25) is 0 Å². The molecule has 23 heavy (non-hydrogen) atoms. The molecule has 0 radical (unpaired) electrons. The molecule has 0 spiro atoms. The molecule has 118 valence electrons. The van der Waals surface area contributed by atoms with Gasteiger partial charge in [0.05, 0.1) is 17.1 Å². The van der Waals surface area contributed by atoms with Crippen molar-refractivity contribution in [2.45, 2.75) is 27.7 Å². The average molecular weight is 310 g/mol. The second-order valence-electron chi connectivity index (χ2n) is 5.54. The van der Waals surface area contributed by atoms with Gasteiger partial charge < -0.3 is 9.84 Å². The molecule has 2 heterocycles. The van der Waals surface area contributed by atoms with E-state index in [1.165, 1.54) is 0 Å². The lowest BCUT2D eigenvalue weighted by atomic mass is 10.2. The zero-order valence-corrected chi connectivity index (χ0v) is 13.5. The van der Waals surface area contributed by atoms with Crippen LogP contribution in [0.1, 0.15) is 33.2 Å². The van der Waals surface area contributed by atoms with Gasteiger partial charge in [-0.2, -0.15) is 5.10 Å². The van der Waals surface area contributed by atoms with Gasteiger partial charge in [0.15, 0.2) is 0 Å². The highest BCUT2D eigenvalue weighted by Gasteiger charge is 2.17. The quantitative estimate of drug-likeness (QED) is 0.805. The van der Waals surface area contributed by atoms with Crippen LogP contribution in [0.3, 0.4) is 0 Å². The second-order valence-corrected chi connectivity index (χ2v) is 5.54. The zero-order valence-electron chi connectivity index (χ0n) is 13.5. The molecule has 0 saturated carbocycles. The number of amides is 1. The SMILES string of the molecule is Cc1cc(C)n(-c2cccc(NC(=O)c3c(C)noc3C)c2)n1. The van der Waals surface area contributed by atoms with E-state index in [9.17, 15) is 4.79 Å². The number of rotatable bonds is 3. The number of anilines is 1. The average Bonchev–Trinajstić information content (AvgIpc) is 3.01. The van der Waals surface area contributed by atoms with Crippen molar-refractivity contribution >= 4 is 11.6 Å². The molecule has 0 aliphatic rings. The maximum absolute atomic E-state index is 12.4. The molecule has 0 bridgehead atoms. The van der Waals surface area contributed by atoms with Crippen molar-refractivity contribution in [1.82, 2.24) is 14.9 Å². The Bertz CT molecular complexity index is 857. The van der Waals surface area contributed by atoms with Gasteiger partial charge in [0.25, 0.3) is 5.91 Å². The summed E-state index contributed by atoms with van der Waals surface area (Å²) in [4.78, 5) is 12.4. The summed E-state index contributed by atoms with van der Waals surface area (Å²) < 4.78 is 6.89. The molecule has 0 saturated heterocycles. The van der Waals surface area contributed by atoms with Crippen LogP contribution in [0.4, 0.5) is 5.69 Å². The molecular formula is C17H18N4O2. The standard InChI is InChI=1S/C17H18N4O2/c1-10-8-11(2)21(19-10)15-7-5-6-14(9-15)18-17(22)16-12(3)20-23-13(16)4/h5-9H,1-4H3,(H,18,22). The van der Waals surface area contributed by atoms with Crippen molar-refractivity contribution < 1.29 is 9.32 Å². The highest BCUT2D eigenvalue weighted by Crippen LogP contribution is 2.19. The highest BCUT2D eigenvalue weighted by molar-refractivity contribution is 6.05. The van der Waals surface area contributed by atoms with Crippen LogP contribution in [0, 0.1) is 27.7 Å². The third-order valence-electron chi connectivity index (χ3n) is 3.62. The second kappa shape index (κ2) is 5.72. The fourth-order valence-electron chi connectivity index (χ4n) is 2.61. The van der Waals surface area contributed by atoms with Crippen molar-refractivity contribution in [2.24, 2.45) is 0 Å². The Labute approximate surface area is 134 Å². The topological polar surface area (TPSA) is 73.0 Å². The van der Waals surface area contributed by atoms with Gasteiger partial charge in [-0.15, -0.1) is 0 Å². The predicted octanol–water partition coefficient (Wildman–Crippen LogP) is 3.35. The molecular weight excluding hydrogens is 292 g/mol. The Balaban J connectivity index is 1.89. The van der Waals surface area contributed by atoms with E-state index in [2.05, 4.69) is 15.6 Å². The molecule has 6 heteroatoms. The van der Waals surface area contributed by atoms with E-state index < -0.39 is 0 Å². The minimum absolute atomic E-state index is 0.230. The molecule has 1 N–H and O–H groups in total. The lowest BCUT2D eigenvalue weighted by molar-refractivity contribution is 0.102. The van der Waals surface area contributed by atoms with E-state index in [1.807, 2.05) is 48.9 Å². The lowest BCUT2D eigenvalue weighted by Crippen LogP contribution is -2.14. The minimum Gasteiger partial charge on any atom is -0.361 e. The van der Waals surface area contributed by atoms with Crippen LogP contribution < -0.4 is 5.32 Å². The van der Waals surface area contributed by atoms with Gasteiger partial charge in [-0.05, 0) is 52.0 Å². The first-order valence-corrected chi connectivity index (χ1v) is 7.33. The van der Waals surface area contributed by atoms with Gasteiger partial charge in [-0.3, -0.25) is 4.79 Å². The van der Waals surface area contributed by atoms with Crippen molar-refractivity contribution in [3.63, 3.8) is 0 Å². The fourth-order valence-corrected chi connectivity index (χ4v) is 2.61. The maximum atomic E-state index is 12.4. The summed E-state index contributed by atoms with van der Waals surface area (Å²) >= 11 is 0. The zero-order chi connectivity index (χ0) is 16.6. The summed E-state index contributed by atoms with van der Waals surface area (Å²) in [5, 5.41) is 11.1. The van der Waals surface area contributed by atoms with E-state index >= 15 is 0 Å². The molecule has 3 rings (SSSR count). The molecule has 3 aromatic rings. The smallest absolute Gasteiger partial charge is 0.261 e. The monoisotopic (exact) mass is 310 g/mol. The van der Waals surface area contributed by atoms with Crippen molar-refractivity contribution in [3.05, 3.63) is 58.7 Å². The maximum Gasteiger partial charge on any atom is 0.261 e. The van der Waals surface area contributed by atoms with Crippen LogP contribution in [0.15, 0.2) is 34.9 Å². The molecule has 1 amide bonds. The van der Waals surface area contributed by atoms with Crippen LogP contribution >= 0.6 is 0 Å². The van der Waals surface area contributed by atoms with E-state index in [4.69, 9.17) is 4.52 Å². The van der Waals surface area contributed by atoms with Crippen LogP contribution in [-0.2, 0) is 0 Å². The summed E-state index contributed by atoms with van der Waals surface area (Å²) in [5.74, 6) is 0.279. The molecule has 1 aromatic carbocycles. The van der Waals surface area contributed by atoms with Crippen LogP contribution in [0.25, 0.3) is 5.69 Å². The van der Waals surface area contributed by atoms with E-state index in [1.54, 1.807) is 13.8 Å². The Morgan fingerprint density at radius 3 is 2.57 bits per heavy atom. The van der Waals surface area contributed by atoms with Crippen LogP contribution in [0.2, 0.25) is 0 Å². The summed E-state index contributed by atoms with van der Waals surface area (Å²) in [5.41, 5.74) is 4.63. The summed E-state index contributed by atoms with van der Waals surface area (Å²) in [7, 11) is 0. The number of aromatic nitrogens is 3.